The van der Waals surface area contributed by atoms with Crippen LogP contribution in [0.3, 0.4) is 0 Å². The molecule has 128 valence electrons. The Balaban J connectivity index is 1.54. The van der Waals surface area contributed by atoms with E-state index in [1.54, 1.807) is 12.1 Å². The van der Waals surface area contributed by atoms with Crippen LogP contribution in [0.1, 0.15) is 49.3 Å². The van der Waals surface area contributed by atoms with Gasteiger partial charge in [-0.2, -0.15) is 0 Å². The molecule has 0 fully saturated rings. The number of amides is 2. The maximum Gasteiger partial charge on any atom is 0.315 e. The van der Waals surface area contributed by atoms with Crippen molar-refractivity contribution >= 4 is 6.03 Å². The highest BCUT2D eigenvalue weighted by Crippen LogP contribution is 2.35. The zero-order valence-electron chi connectivity index (χ0n) is 14.0. The van der Waals surface area contributed by atoms with E-state index in [0.717, 1.165) is 6.42 Å². The van der Waals surface area contributed by atoms with E-state index in [9.17, 15) is 9.90 Å². The molecule has 3 N–H and O–H groups in total. The molecule has 1 heterocycles. The van der Waals surface area contributed by atoms with E-state index >= 15 is 0 Å². The summed E-state index contributed by atoms with van der Waals surface area (Å²) in [4.78, 5) is 12.3. The van der Waals surface area contributed by atoms with Crippen molar-refractivity contribution in [3.8, 4) is 0 Å². The van der Waals surface area contributed by atoms with Crippen molar-refractivity contribution in [1.82, 2.24) is 10.6 Å². The number of furan rings is 1. The number of carbonyl (C=O) groups is 1. The number of nitrogens with one attached hydrogen (secondary N) is 2. The van der Waals surface area contributed by atoms with Crippen LogP contribution in [0.5, 0.6) is 0 Å². The number of rotatable bonds is 5. The molecule has 1 aliphatic rings. The van der Waals surface area contributed by atoms with Crippen LogP contribution in [0, 0.1) is 5.92 Å². The van der Waals surface area contributed by atoms with E-state index < -0.39 is 6.10 Å². The van der Waals surface area contributed by atoms with Crippen molar-refractivity contribution in [3.63, 3.8) is 0 Å². The van der Waals surface area contributed by atoms with Crippen LogP contribution in [0.15, 0.2) is 47.1 Å². The number of hydrogen-bond donors (Lipinski definition) is 3. The Morgan fingerprint density at radius 1 is 1.33 bits per heavy atom. The molecule has 5 heteroatoms. The lowest BCUT2D eigenvalue weighted by Gasteiger charge is -2.22. The average Bonchev–Trinajstić information content (AvgIpc) is 3.16. The van der Waals surface area contributed by atoms with Gasteiger partial charge in [0.15, 0.2) is 0 Å². The summed E-state index contributed by atoms with van der Waals surface area (Å²) in [5.74, 6) is 0.888. The summed E-state index contributed by atoms with van der Waals surface area (Å²) >= 11 is 0. The van der Waals surface area contributed by atoms with Gasteiger partial charge in [-0.25, -0.2) is 4.79 Å². The van der Waals surface area contributed by atoms with Gasteiger partial charge in [-0.05, 0) is 42.5 Å². The van der Waals surface area contributed by atoms with Crippen LogP contribution in [0.2, 0.25) is 0 Å². The zero-order valence-corrected chi connectivity index (χ0v) is 14.0. The van der Waals surface area contributed by atoms with Gasteiger partial charge < -0.3 is 20.2 Å². The first-order valence-electron chi connectivity index (χ1n) is 8.41. The molecule has 0 spiro atoms. The fourth-order valence-corrected chi connectivity index (χ4v) is 3.41. The molecule has 3 rings (SSSR count). The maximum atomic E-state index is 12.3. The third-order valence-electron chi connectivity index (χ3n) is 4.61. The molecular weight excluding hydrogens is 304 g/mol. The number of carbonyl (C=O) groups excluding carboxylic acids is 1. The van der Waals surface area contributed by atoms with Crippen molar-refractivity contribution < 1.29 is 14.3 Å². The summed E-state index contributed by atoms with van der Waals surface area (Å²) in [5, 5.41) is 16.1. The zero-order chi connectivity index (χ0) is 17.1. The van der Waals surface area contributed by atoms with Gasteiger partial charge in [-0.15, -0.1) is 0 Å². The SMILES string of the molecule is CC(CC(O)c1ccco1)NC(=O)NC1c2ccccc2CC1C. The molecule has 1 aliphatic carbocycles. The Morgan fingerprint density at radius 2 is 2.12 bits per heavy atom. The summed E-state index contributed by atoms with van der Waals surface area (Å²) in [6.45, 7) is 4.02. The number of hydrogen-bond acceptors (Lipinski definition) is 3. The highest BCUT2D eigenvalue weighted by molar-refractivity contribution is 5.75. The predicted octanol–water partition coefficient (Wildman–Crippen LogP) is 3.32. The summed E-state index contributed by atoms with van der Waals surface area (Å²) in [5.41, 5.74) is 2.50. The van der Waals surface area contributed by atoms with E-state index in [1.165, 1.54) is 17.4 Å². The van der Waals surface area contributed by atoms with Crippen molar-refractivity contribution in [2.75, 3.05) is 0 Å². The third kappa shape index (κ3) is 3.62. The normalized spacial score (nSPS) is 21.8. The van der Waals surface area contributed by atoms with Gasteiger partial charge in [0.05, 0.1) is 12.3 Å². The molecule has 0 saturated heterocycles. The van der Waals surface area contributed by atoms with Crippen molar-refractivity contribution in [2.24, 2.45) is 5.92 Å². The number of benzene rings is 1. The summed E-state index contributed by atoms with van der Waals surface area (Å²) in [6, 6.07) is 11.4. The molecule has 2 amide bonds. The maximum absolute atomic E-state index is 12.3. The Labute approximate surface area is 142 Å². The fraction of sp³-hybridized carbons (Fsp3) is 0.421. The van der Waals surface area contributed by atoms with Gasteiger partial charge in [-0.3, -0.25) is 0 Å². The van der Waals surface area contributed by atoms with Crippen molar-refractivity contribution in [3.05, 3.63) is 59.5 Å². The Hall–Kier alpha value is -2.27. The summed E-state index contributed by atoms with van der Waals surface area (Å²) in [6.07, 6.45) is 2.19. The third-order valence-corrected chi connectivity index (χ3v) is 4.61. The first-order chi connectivity index (χ1) is 11.5. The smallest absolute Gasteiger partial charge is 0.315 e. The topological polar surface area (TPSA) is 74.5 Å². The Bertz CT molecular complexity index is 684. The molecule has 5 nitrogen and oxygen atoms in total. The van der Waals surface area contributed by atoms with Crippen LogP contribution in [0.25, 0.3) is 0 Å². The molecule has 0 aliphatic heterocycles. The number of urea groups is 1. The highest BCUT2D eigenvalue weighted by atomic mass is 16.4. The van der Waals surface area contributed by atoms with Crippen LogP contribution < -0.4 is 10.6 Å². The molecule has 2 aromatic rings. The quantitative estimate of drug-likeness (QED) is 0.788. The van der Waals surface area contributed by atoms with E-state index in [4.69, 9.17) is 4.42 Å². The van der Waals surface area contributed by atoms with Gasteiger partial charge in [0.2, 0.25) is 0 Å². The van der Waals surface area contributed by atoms with E-state index in [0.29, 0.717) is 18.1 Å². The van der Waals surface area contributed by atoms with Gasteiger partial charge >= 0.3 is 6.03 Å². The number of aliphatic hydroxyl groups excluding tert-OH is 1. The number of fused-ring (bicyclic) bond motifs is 1. The second-order valence-electron chi connectivity index (χ2n) is 6.64. The van der Waals surface area contributed by atoms with Gasteiger partial charge in [-0.1, -0.05) is 31.2 Å². The molecule has 4 unspecified atom stereocenters. The summed E-state index contributed by atoms with van der Waals surface area (Å²) < 4.78 is 5.18. The fourth-order valence-electron chi connectivity index (χ4n) is 3.41. The van der Waals surface area contributed by atoms with Gasteiger partial charge in [0, 0.05) is 12.5 Å². The van der Waals surface area contributed by atoms with Crippen molar-refractivity contribution in [2.45, 2.75) is 44.9 Å². The minimum atomic E-state index is -0.721. The minimum Gasteiger partial charge on any atom is -0.467 e. The van der Waals surface area contributed by atoms with Crippen LogP contribution in [0.4, 0.5) is 4.79 Å². The van der Waals surface area contributed by atoms with Crippen LogP contribution in [-0.2, 0) is 6.42 Å². The van der Waals surface area contributed by atoms with E-state index in [2.05, 4.69) is 29.7 Å². The molecular formula is C19H24N2O3. The predicted molar refractivity (Wildman–Crippen MR) is 91.5 cm³/mol. The molecule has 0 saturated carbocycles. The Morgan fingerprint density at radius 3 is 2.88 bits per heavy atom. The molecule has 0 bridgehead atoms. The molecule has 0 radical (unpaired) electrons. The molecule has 24 heavy (non-hydrogen) atoms. The first-order valence-corrected chi connectivity index (χ1v) is 8.41. The second kappa shape index (κ2) is 7.09. The summed E-state index contributed by atoms with van der Waals surface area (Å²) in [7, 11) is 0. The van der Waals surface area contributed by atoms with Crippen LogP contribution >= 0.6 is 0 Å². The number of aliphatic hydroxyl groups is 1. The highest BCUT2D eigenvalue weighted by Gasteiger charge is 2.30. The standard InChI is InChI=1S/C19H24N2O3/c1-12-10-14-6-3-4-7-15(14)18(12)21-19(23)20-13(2)11-16(22)17-8-5-9-24-17/h3-9,12-13,16,18,22H,10-11H2,1-2H3,(H2,20,21,23). The van der Waals surface area contributed by atoms with Gasteiger partial charge in [0.1, 0.15) is 11.9 Å². The minimum absolute atomic E-state index is 0.0309. The van der Waals surface area contributed by atoms with Gasteiger partial charge in [0.25, 0.3) is 0 Å². The lowest BCUT2D eigenvalue weighted by molar-refractivity contribution is 0.129. The first kappa shape index (κ1) is 16.6. The average molecular weight is 328 g/mol. The lowest BCUT2D eigenvalue weighted by atomic mass is 10.0. The molecule has 1 aromatic heterocycles. The second-order valence-corrected chi connectivity index (χ2v) is 6.64. The Kier molecular flexibility index (Phi) is 4.90. The lowest BCUT2D eigenvalue weighted by Crippen LogP contribution is -2.43. The monoisotopic (exact) mass is 328 g/mol. The molecule has 4 atom stereocenters. The van der Waals surface area contributed by atoms with E-state index in [1.807, 2.05) is 19.1 Å². The van der Waals surface area contributed by atoms with E-state index in [-0.39, 0.29) is 18.1 Å². The molecule has 1 aromatic carbocycles. The van der Waals surface area contributed by atoms with Crippen molar-refractivity contribution in [1.29, 1.82) is 0 Å². The van der Waals surface area contributed by atoms with Crippen LogP contribution in [-0.4, -0.2) is 17.2 Å². The largest absolute Gasteiger partial charge is 0.467 e.